The molecule has 0 aromatic heterocycles. The lowest BCUT2D eigenvalue weighted by Crippen LogP contribution is -2.36. The Morgan fingerprint density at radius 3 is 2.00 bits per heavy atom. The molecule has 0 amide bonds. The van der Waals surface area contributed by atoms with Crippen LogP contribution in [0.15, 0.2) is 0 Å². The number of hydrogen-bond donors (Lipinski definition) is 1. The molecule has 0 aromatic carbocycles. The lowest BCUT2D eigenvalue weighted by Gasteiger charge is -2.25. The van der Waals surface area contributed by atoms with Crippen molar-refractivity contribution in [2.24, 2.45) is 11.8 Å². The number of hydrogen-bond acceptors (Lipinski definition) is 1. The number of nitrogens with one attached hydrogen (secondary N) is 1. The Morgan fingerprint density at radius 2 is 1.45 bits per heavy atom. The van der Waals surface area contributed by atoms with E-state index in [9.17, 15) is 0 Å². The number of unbranched alkanes of at least 4 members (excludes halogenated alkanes) is 7. The zero-order valence-electron chi connectivity index (χ0n) is 14.4. The highest BCUT2D eigenvalue weighted by Gasteiger charge is 2.32. The van der Waals surface area contributed by atoms with Crippen molar-refractivity contribution in [2.75, 3.05) is 6.54 Å². The van der Waals surface area contributed by atoms with Crippen LogP contribution in [0.25, 0.3) is 0 Å². The topological polar surface area (TPSA) is 12.0 Å². The predicted molar refractivity (Wildman–Crippen MR) is 91.2 cm³/mol. The van der Waals surface area contributed by atoms with Gasteiger partial charge in [-0.3, -0.25) is 0 Å². The van der Waals surface area contributed by atoms with Gasteiger partial charge < -0.3 is 5.32 Å². The molecule has 1 saturated carbocycles. The summed E-state index contributed by atoms with van der Waals surface area (Å²) >= 11 is 0. The largest absolute Gasteiger partial charge is 0.314 e. The monoisotopic (exact) mass is 281 g/mol. The summed E-state index contributed by atoms with van der Waals surface area (Å²) < 4.78 is 0. The second-order valence-electron chi connectivity index (χ2n) is 7.02. The molecular weight excluding hydrogens is 242 g/mol. The Kier molecular flexibility index (Phi) is 10.4. The van der Waals surface area contributed by atoms with Gasteiger partial charge in [0.15, 0.2) is 0 Å². The molecule has 20 heavy (non-hydrogen) atoms. The van der Waals surface area contributed by atoms with Crippen molar-refractivity contribution in [3.8, 4) is 0 Å². The highest BCUT2D eigenvalue weighted by atomic mass is 14.9. The maximum atomic E-state index is 3.81. The van der Waals surface area contributed by atoms with Crippen molar-refractivity contribution >= 4 is 0 Å². The molecule has 1 aliphatic rings. The molecule has 1 rings (SSSR count). The lowest BCUT2D eigenvalue weighted by molar-refractivity contribution is 0.316. The van der Waals surface area contributed by atoms with Crippen molar-refractivity contribution in [1.82, 2.24) is 5.32 Å². The normalized spacial score (nSPS) is 18.1. The molecule has 0 saturated heterocycles. The fraction of sp³-hybridized carbons (Fsp3) is 1.00. The minimum atomic E-state index is 0.794. The quantitative estimate of drug-likeness (QED) is 0.389. The third kappa shape index (κ3) is 8.29. The van der Waals surface area contributed by atoms with E-state index in [0.29, 0.717) is 0 Å². The molecule has 2 atom stereocenters. The summed E-state index contributed by atoms with van der Waals surface area (Å²) in [5.74, 6) is 1.95. The number of rotatable bonds is 14. The fourth-order valence-electron chi connectivity index (χ4n) is 3.33. The minimum absolute atomic E-state index is 0.794. The molecule has 0 aliphatic heterocycles. The molecule has 1 nitrogen and oxygen atoms in total. The Bertz CT molecular complexity index is 210. The van der Waals surface area contributed by atoms with E-state index in [4.69, 9.17) is 0 Å². The van der Waals surface area contributed by atoms with Crippen LogP contribution in [0.2, 0.25) is 0 Å². The SMILES string of the molecule is CCCCCCCCCCC(NCCC)C(C)C1CC1. The van der Waals surface area contributed by atoms with Gasteiger partial charge in [-0.15, -0.1) is 0 Å². The minimum Gasteiger partial charge on any atom is -0.314 e. The first kappa shape index (κ1) is 18.0. The molecule has 1 aliphatic carbocycles. The van der Waals surface area contributed by atoms with Crippen molar-refractivity contribution in [3.63, 3.8) is 0 Å². The summed E-state index contributed by atoms with van der Waals surface area (Å²) in [6.45, 7) is 8.26. The van der Waals surface area contributed by atoms with Gasteiger partial charge in [0.2, 0.25) is 0 Å². The third-order valence-corrected chi connectivity index (χ3v) is 5.03. The van der Waals surface area contributed by atoms with Gasteiger partial charge >= 0.3 is 0 Å². The van der Waals surface area contributed by atoms with E-state index in [1.165, 1.54) is 83.6 Å². The summed E-state index contributed by atoms with van der Waals surface area (Å²) in [6.07, 6.45) is 17.2. The van der Waals surface area contributed by atoms with Crippen molar-refractivity contribution in [3.05, 3.63) is 0 Å². The van der Waals surface area contributed by atoms with Crippen LogP contribution in [-0.4, -0.2) is 12.6 Å². The highest BCUT2D eigenvalue weighted by molar-refractivity contribution is 4.86. The second kappa shape index (κ2) is 11.6. The molecule has 0 heterocycles. The maximum absolute atomic E-state index is 3.81. The van der Waals surface area contributed by atoms with Gasteiger partial charge in [-0.1, -0.05) is 72.1 Å². The average molecular weight is 282 g/mol. The van der Waals surface area contributed by atoms with Gasteiger partial charge in [0.05, 0.1) is 0 Å². The average Bonchev–Trinajstić information content (AvgIpc) is 3.29. The maximum Gasteiger partial charge on any atom is 0.00953 e. The van der Waals surface area contributed by atoms with Crippen molar-refractivity contribution < 1.29 is 0 Å². The molecule has 1 heteroatoms. The molecule has 0 radical (unpaired) electrons. The third-order valence-electron chi connectivity index (χ3n) is 5.03. The first-order chi connectivity index (χ1) is 9.79. The summed E-state index contributed by atoms with van der Waals surface area (Å²) in [7, 11) is 0. The predicted octanol–water partition coefficient (Wildman–Crippen LogP) is 5.93. The Balaban J connectivity index is 2.02. The molecule has 0 spiro atoms. The van der Waals surface area contributed by atoms with Gasteiger partial charge in [-0.05, 0) is 44.1 Å². The smallest absolute Gasteiger partial charge is 0.00953 e. The second-order valence-corrected chi connectivity index (χ2v) is 7.02. The molecule has 1 fully saturated rings. The summed E-state index contributed by atoms with van der Waals surface area (Å²) in [5.41, 5.74) is 0. The Morgan fingerprint density at radius 1 is 0.850 bits per heavy atom. The Hall–Kier alpha value is -0.0400. The van der Waals surface area contributed by atoms with E-state index in [0.717, 1.165) is 17.9 Å². The van der Waals surface area contributed by atoms with Crippen LogP contribution in [0.1, 0.15) is 97.8 Å². The van der Waals surface area contributed by atoms with Crippen molar-refractivity contribution in [2.45, 2.75) is 104 Å². The van der Waals surface area contributed by atoms with Crippen LogP contribution in [-0.2, 0) is 0 Å². The van der Waals surface area contributed by atoms with Crippen molar-refractivity contribution in [1.29, 1.82) is 0 Å². The summed E-state index contributed by atoms with van der Waals surface area (Å²) in [5, 5.41) is 3.81. The van der Waals surface area contributed by atoms with E-state index in [2.05, 4.69) is 26.1 Å². The van der Waals surface area contributed by atoms with E-state index in [-0.39, 0.29) is 0 Å². The van der Waals surface area contributed by atoms with Gasteiger partial charge in [0, 0.05) is 6.04 Å². The van der Waals surface area contributed by atoms with Gasteiger partial charge in [0.25, 0.3) is 0 Å². The van der Waals surface area contributed by atoms with Crippen LogP contribution >= 0.6 is 0 Å². The first-order valence-electron chi connectivity index (χ1n) is 9.53. The first-order valence-corrected chi connectivity index (χ1v) is 9.53. The summed E-state index contributed by atoms with van der Waals surface area (Å²) in [4.78, 5) is 0. The van der Waals surface area contributed by atoms with E-state index >= 15 is 0 Å². The summed E-state index contributed by atoms with van der Waals surface area (Å²) in [6, 6.07) is 0.794. The molecular formula is C19H39N. The Labute approximate surface area is 128 Å². The molecule has 2 unspecified atom stereocenters. The van der Waals surface area contributed by atoms with Crippen LogP contribution in [0.4, 0.5) is 0 Å². The van der Waals surface area contributed by atoms with Gasteiger partial charge in [-0.2, -0.15) is 0 Å². The van der Waals surface area contributed by atoms with E-state index < -0.39 is 0 Å². The molecule has 0 aromatic rings. The standard InChI is InChI=1S/C19H39N/c1-4-6-7-8-9-10-11-12-13-19(20-16-5-2)17(3)18-14-15-18/h17-20H,4-16H2,1-3H3. The van der Waals surface area contributed by atoms with Crippen LogP contribution in [0.3, 0.4) is 0 Å². The zero-order valence-corrected chi connectivity index (χ0v) is 14.4. The van der Waals surface area contributed by atoms with Crippen LogP contribution in [0.5, 0.6) is 0 Å². The molecule has 0 bridgehead atoms. The van der Waals surface area contributed by atoms with Crippen LogP contribution < -0.4 is 5.32 Å². The van der Waals surface area contributed by atoms with E-state index in [1.807, 2.05) is 0 Å². The van der Waals surface area contributed by atoms with Gasteiger partial charge in [-0.25, -0.2) is 0 Å². The fourth-order valence-corrected chi connectivity index (χ4v) is 3.33. The van der Waals surface area contributed by atoms with Gasteiger partial charge in [0.1, 0.15) is 0 Å². The van der Waals surface area contributed by atoms with E-state index in [1.54, 1.807) is 0 Å². The lowest BCUT2D eigenvalue weighted by atomic mass is 9.91. The zero-order chi connectivity index (χ0) is 14.6. The highest BCUT2D eigenvalue weighted by Crippen LogP contribution is 2.39. The van der Waals surface area contributed by atoms with Crippen LogP contribution in [0, 0.1) is 11.8 Å². The molecule has 1 N–H and O–H groups in total. The molecule has 120 valence electrons.